The van der Waals surface area contributed by atoms with Gasteiger partial charge in [0, 0.05) is 5.41 Å². The van der Waals surface area contributed by atoms with Gasteiger partial charge in [-0.15, -0.1) is 0 Å². The van der Waals surface area contributed by atoms with Crippen LogP contribution in [0.5, 0.6) is 0 Å². The van der Waals surface area contributed by atoms with Crippen LogP contribution in [0.4, 0.5) is 0 Å². The average molecular weight is 145 g/mol. The molecule has 0 aliphatic heterocycles. The van der Waals surface area contributed by atoms with E-state index in [1.807, 2.05) is 13.8 Å². The van der Waals surface area contributed by atoms with Gasteiger partial charge in [-0.2, -0.15) is 0 Å². The molecule has 0 aromatic rings. The van der Waals surface area contributed by atoms with Crippen molar-refractivity contribution in [2.75, 3.05) is 0 Å². The van der Waals surface area contributed by atoms with E-state index in [4.69, 9.17) is 10.8 Å². The van der Waals surface area contributed by atoms with Crippen molar-refractivity contribution < 1.29 is 5.11 Å². The van der Waals surface area contributed by atoms with Crippen molar-refractivity contribution in [2.24, 2.45) is 11.1 Å². The maximum Gasteiger partial charge on any atom is 0.107 e. The normalized spacial score (nSPS) is 15.3. The minimum absolute atomic E-state index is 0.115. The highest BCUT2D eigenvalue weighted by molar-refractivity contribution is 4.72. The number of aliphatic hydroxyl groups excluding tert-OH is 1. The lowest BCUT2D eigenvalue weighted by Crippen LogP contribution is -2.36. The zero-order chi connectivity index (χ0) is 8.20. The minimum atomic E-state index is -0.681. The molecule has 1 atom stereocenters. The van der Waals surface area contributed by atoms with Crippen LogP contribution < -0.4 is 5.73 Å². The van der Waals surface area contributed by atoms with Gasteiger partial charge in [0.2, 0.25) is 0 Å². The van der Waals surface area contributed by atoms with Gasteiger partial charge in [-0.05, 0) is 6.42 Å². The Morgan fingerprint density at radius 2 is 2.00 bits per heavy atom. The first-order valence-corrected chi connectivity index (χ1v) is 3.94. The summed E-state index contributed by atoms with van der Waals surface area (Å²) in [6.07, 6.45) is 2.62. The monoisotopic (exact) mass is 145 g/mol. The fraction of sp³-hybridized carbons (Fsp3) is 1.00. The molecule has 0 bridgehead atoms. The van der Waals surface area contributed by atoms with E-state index in [2.05, 4.69) is 6.92 Å². The third kappa shape index (κ3) is 3.18. The molecular formula is C8H19NO. The van der Waals surface area contributed by atoms with Crippen molar-refractivity contribution in [2.45, 2.75) is 46.3 Å². The van der Waals surface area contributed by atoms with Crippen LogP contribution in [0, 0.1) is 5.41 Å². The molecule has 3 N–H and O–H groups in total. The van der Waals surface area contributed by atoms with Gasteiger partial charge in [0.05, 0.1) is 0 Å². The standard InChI is InChI=1S/C8H19NO/c1-4-5-6-8(2,3)7(9)10/h7,10H,4-6,9H2,1-3H3. The Kier molecular flexibility index (Phi) is 3.91. The third-order valence-corrected chi connectivity index (χ3v) is 1.98. The number of unbranched alkanes of at least 4 members (excludes halogenated alkanes) is 1. The van der Waals surface area contributed by atoms with Crippen LogP contribution >= 0.6 is 0 Å². The second-order valence-electron chi connectivity index (χ2n) is 3.54. The topological polar surface area (TPSA) is 46.2 Å². The van der Waals surface area contributed by atoms with Gasteiger partial charge >= 0.3 is 0 Å². The Morgan fingerprint density at radius 3 is 2.30 bits per heavy atom. The van der Waals surface area contributed by atoms with E-state index < -0.39 is 6.23 Å². The molecule has 0 aromatic carbocycles. The van der Waals surface area contributed by atoms with Gasteiger partial charge < -0.3 is 10.8 Å². The zero-order valence-corrected chi connectivity index (χ0v) is 7.22. The van der Waals surface area contributed by atoms with Crippen molar-refractivity contribution in [1.29, 1.82) is 0 Å². The Labute approximate surface area is 63.4 Å². The lowest BCUT2D eigenvalue weighted by molar-refractivity contribution is 0.0480. The summed E-state index contributed by atoms with van der Waals surface area (Å²) in [6.45, 7) is 6.12. The Balaban J connectivity index is 3.63. The van der Waals surface area contributed by atoms with Crippen molar-refractivity contribution in [3.63, 3.8) is 0 Å². The molecule has 2 nitrogen and oxygen atoms in total. The highest BCUT2D eigenvalue weighted by Gasteiger charge is 2.23. The highest BCUT2D eigenvalue weighted by Crippen LogP contribution is 2.24. The molecule has 0 aliphatic carbocycles. The van der Waals surface area contributed by atoms with Crippen LogP contribution in [0.1, 0.15) is 40.0 Å². The molecule has 0 rings (SSSR count). The molecule has 0 heterocycles. The van der Waals surface area contributed by atoms with Crippen molar-refractivity contribution in [1.82, 2.24) is 0 Å². The van der Waals surface area contributed by atoms with E-state index >= 15 is 0 Å². The van der Waals surface area contributed by atoms with E-state index in [1.165, 1.54) is 0 Å². The van der Waals surface area contributed by atoms with Crippen molar-refractivity contribution >= 4 is 0 Å². The second-order valence-corrected chi connectivity index (χ2v) is 3.54. The Bertz CT molecular complexity index is 89.3. The fourth-order valence-corrected chi connectivity index (χ4v) is 0.780. The number of nitrogens with two attached hydrogens (primary N) is 1. The third-order valence-electron chi connectivity index (χ3n) is 1.98. The van der Waals surface area contributed by atoms with Crippen LogP contribution in [0.25, 0.3) is 0 Å². The summed E-state index contributed by atoms with van der Waals surface area (Å²) in [5, 5.41) is 9.08. The van der Waals surface area contributed by atoms with E-state index in [1.54, 1.807) is 0 Å². The van der Waals surface area contributed by atoms with Crippen LogP contribution in [0.2, 0.25) is 0 Å². The summed E-state index contributed by atoms with van der Waals surface area (Å²) < 4.78 is 0. The van der Waals surface area contributed by atoms with Gasteiger partial charge in [0.15, 0.2) is 0 Å². The maximum atomic E-state index is 9.08. The molecule has 0 amide bonds. The zero-order valence-electron chi connectivity index (χ0n) is 7.22. The van der Waals surface area contributed by atoms with Crippen LogP contribution in [0.3, 0.4) is 0 Å². The largest absolute Gasteiger partial charge is 0.378 e. The quantitative estimate of drug-likeness (QED) is 0.588. The fourth-order valence-electron chi connectivity index (χ4n) is 0.780. The summed E-state index contributed by atoms with van der Waals surface area (Å²) in [5.41, 5.74) is 5.25. The molecule has 0 spiro atoms. The van der Waals surface area contributed by atoms with E-state index in [-0.39, 0.29) is 5.41 Å². The van der Waals surface area contributed by atoms with Crippen molar-refractivity contribution in [3.05, 3.63) is 0 Å². The smallest absolute Gasteiger partial charge is 0.107 e. The van der Waals surface area contributed by atoms with E-state index in [0.717, 1.165) is 19.3 Å². The Hall–Kier alpha value is -0.0800. The number of hydrogen-bond donors (Lipinski definition) is 2. The van der Waals surface area contributed by atoms with Crippen molar-refractivity contribution in [3.8, 4) is 0 Å². The first kappa shape index (κ1) is 9.92. The lowest BCUT2D eigenvalue weighted by atomic mass is 9.86. The van der Waals surface area contributed by atoms with Gasteiger partial charge in [0.1, 0.15) is 6.23 Å². The molecule has 0 saturated heterocycles. The second kappa shape index (κ2) is 3.94. The van der Waals surface area contributed by atoms with Crippen LogP contribution in [-0.4, -0.2) is 11.3 Å². The molecule has 0 fully saturated rings. The molecule has 1 unspecified atom stereocenters. The molecule has 2 heteroatoms. The van der Waals surface area contributed by atoms with Gasteiger partial charge in [-0.1, -0.05) is 33.6 Å². The molecule has 0 radical (unpaired) electrons. The molecule has 0 aliphatic rings. The van der Waals surface area contributed by atoms with E-state index in [0.29, 0.717) is 0 Å². The first-order valence-electron chi connectivity index (χ1n) is 3.94. The van der Waals surface area contributed by atoms with E-state index in [9.17, 15) is 0 Å². The molecule has 0 saturated carbocycles. The van der Waals surface area contributed by atoms with Crippen LogP contribution in [0.15, 0.2) is 0 Å². The number of rotatable bonds is 4. The Morgan fingerprint density at radius 1 is 1.50 bits per heavy atom. The summed E-state index contributed by atoms with van der Waals surface area (Å²) in [5.74, 6) is 0. The molecule has 62 valence electrons. The summed E-state index contributed by atoms with van der Waals surface area (Å²) in [7, 11) is 0. The van der Waals surface area contributed by atoms with Crippen LogP contribution in [-0.2, 0) is 0 Å². The lowest BCUT2D eigenvalue weighted by Gasteiger charge is -2.27. The predicted octanol–water partition coefficient (Wildman–Crippen LogP) is 1.48. The molecule has 0 aromatic heterocycles. The first-order chi connectivity index (χ1) is 4.50. The number of aliphatic hydroxyl groups is 1. The molecule has 10 heavy (non-hydrogen) atoms. The maximum absolute atomic E-state index is 9.08. The summed E-state index contributed by atoms with van der Waals surface area (Å²) in [6, 6.07) is 0. The minimum Gasteiger partial charge on any atom is -0.378 e. The number of hydrogen-bond acceptors (Lipinski definition) is 2. The molecular weight excluding hydrogens is 126 g/mol. The SMILES string of the molecule is CCCCC(C)(C)C(N)O. The van der Waals surface area contributed by atoms with Gasteiger partial charge in [0.25, 0.3) is 0 Å². The predicted molar refractivity (Wildman–Crippen MR) is 43.5 cm³/mol. The average Bonchev–Trinajstić information content (AvgIpc) is 1.84. The summed E-state index contributed by atoms with van der Waals surface area (Å²) in [4.78, 5) is 0. The highest BCUT2D eigenvalue weighted by atomic mass is 16.3. The summed E-state index contributed by atoms with van der Waals surface area (Å²) >= 11 is 0. The van der Waals surface area contributed by atoms with Gasteiger partial charge in [-0.3, -0.25) is 0 Å². The van der Waals surface area contributed by atoms with Gasteiger partial charge in [-0.25, -0.2) is 0 Å².